The number of benzene rings is 1. The summed E-state index contributed by atoms with van der Waals surface area (Å²) in [6.07, 6.45) is 5.44. The van der Waals surface area contributed by atoms with Crippen molar-refractivity contribution in [2.45, 2.75) is 19.8 Å². The molecule has 3 heteroatoms. The van der Waals surface area contributed by atoms with E-state index < -0.39 is 0 Å². The van der Waals surface area contributed by atoms with Gasteiger partial charge in [-0.3, -0.25) is 4.98 Å². The Morgan fingerprint density at radius 2 is 1.68 bits per heavy atom. The molecule has 0 fully saturated rings. The van der Waals surface area contributed by atoms with E-state index in [0.717, 1.165) is 35.3 Å². The third-order valence-corrected chi connectivity index (χ3v) is 3.23. The van der Waals surface area contributed by atoms with Crippen molar-refractivity contribution in [3.8, 4) is 0 Å². The molecule has 94 valence electrons. The van der Waals surface area contributed by atoms with E-state index in [4.69, 9.17) is 0 Å². The number of hydrogen-bond donors (Lipinski definition) is 0. The van der Waals surface area contributed by atoms with Crippen LogP contribution in [0.2, 0.25) is 0 Å². The molecule has 0 saturated heterocycles. The van der Waals surface area contributed by atoms with E-state index in [0.29, 0.717) is 0 Å². The normalized spacial score (nSPS) is 10.8. The summed E-state index contributed by atoms with van der Waals surface area (Å²) in [6.45, 7) is 2.04. The van der Waals surface area contributed by atoms with Crippen molar-refractivity contribution in [3.63, 3.8) is 0 Å². The van der Waals surface area contributed by atoms with E-state index >= 15 is 0 Å². The summed E-state index contributed by atoms with van der Waals surface area (Å²) in [7, 11) is 0. The maximum atomic E-state index is 4.62. The van der Waals surface area contributed by atoms with Crippen LogP contribution in [0, 0.1) is 6.92 Å². The maximum absolute atomic E-state index is 4.62. The maximum Gasteiger partial charge on any atom is 0.129 e. The number of nitrogens with zero attached hydrogens (tertiary/aromatic N) is 3. The number of aromatic nitrogens is 3. The molecule has 0 bridgehead atoms. The zero-order chi connectivity index (χ0) is 13.1. The van der Waals surface area contributed by atoms with Gasteiger partial charge in [0.05, 0.1) is 5.52 Å². The minimum Gasteiger partial charge on any atom is -0.265 e. The Hall–Kier alpha value is -2.29. The molecule has 0 saturated carbocycles. The predicted octanol–water partition coefficient (Wildman–Crippen LogP) is 3.12. The summed E-state index contributed by atoms with van der Waals surface area (Å²) in [6, 6.07) is 12.2. The lowest BCUT2D eigenvalue weighted by atomic mass is 10.1. The molecular weight excluding hydrogens is 234 g/mol. The van der Waals surface area contributed by atoms with Crippen LogP contribution in [0.4, 0.5) is 0 Å². The van der Waals surface area contributed by atoms with Gasteiger partial charge in [0.2, 0.25) is 0 Å². The molecule has 0 atom stereocenters. The van der Waals surface area contributed by atoms with Crippen molar-refractivity contribution in [1.82, 2.24) is 15.0 Å². The van der Waals surface area contributed by atoms with Crippen LogP contribution in [0.1, 0.15) is 17.1 Å². The molecule has 3 rings (SSSR count). The fourth-order valence-electron chi connectivity index (χ4n) is 2.21. The third kappa shape index (κ3) is 2.60. The molecular formula is C16H15N3. The van der Waals surface area contributed by atoms with E-state index in [2.05, 4.69) is 21.0 Å². The lowest BCUT2D eigenvalue weighted by Gasteiger charge is -2.05. The molecule has 0 radical (unpaired) electrons. The summed E-state index contributed by atoms with van der Waals surface area (Å²) in [5.74, 6) is 0.910. The van der Waals surface area contributed by atoms with Gasteiger partial charge in [-0.05, 0) is 37.1 Å². The molecule has 2 heterocycles. The van der Waals surface area contributed by atoms with Gasteiger partial charge in [0, 0.05) is 29.9 Å². The van der Waals surface area contributed by atoms with Gasteiger partial charge < -0.3 is 0 Å². The first kappa shape index (κ1) is 11.8. The molecule has 0 amide bonds. The summed E-state index contributed by atoms with van der Waals surface area (Å²) in [4.78, 5) is 13.2. The zero-order valence-electron chi connectivity index (χ0n) is 10.9. The number of aryl methyl sites for hydroxylation is 3. The molecule has 19 heavy (non-hydrogen) atoms. The van der Waals surface area contributed by atoms with Crippen LogP contribution in [0.5, 0.6) is 0 Å². The molecule has 0 unspecified atom stereocenters. The first-order chi connectivity index (χ1) is 9.33. The molecule has 3 aromatic rings. The van der Waals surface area contributed by atoms with Crippen LogP contribution in [0.15, 0.2) is 48.8 Å². The Morgan fingerprint density at radius 3 is 2.53 bits per heavy atom. The van der Waals surface area contributed by atoms with E-state index in [1.54, 1.807) is 0 Å². The minimum absolute atomic E-state index is 0.857. The Labute approximate surface area is 112 Å². The highest BCUT2D eigenvalue weighted by Crippen LogP contribution is 2.15. The second-order valence-electron chi connectivity index (χ2n) is 4.60. The number of para-hydroxylation sites is 1. The summed E-state index contributed by atoms with van der Waals surface area (Å²) in [5, 5.41) is 1.13. The van der Waals surface area contributed by atoms with Gasteiger partial charge in [-0.25, -0.2) is 9.97 Å². The van der Waals surface area contributed by atoms with Gasteiger partial charge in [-0.1, -0.05) is 18.2 Å². The summed E-state index contributed by atoms with van der Waals surface area (Å²) in [5.41, 5.74) is 3.35. The van der Waals surface area contributed by atoms with E-state index in [9.17, 15) is 0 Å². The van der Waals surface area contributed by atoms with Gasteiger partial charge in [-0.15, -0.1) is 0 Å². The lowest BCUT2D eigenvalue weighted by molar-refractivity contribution is 0.858. The number of rotatable bonds is 3. The topological polar surface area (TPSA) is 38.7 Å². The molecule has 0 spiro atoms. The quantitative estimate of drug-likeness (QED) is 0.716. The SMILES string of the molecule is Cc1nc(CCc2ccncc2)nc2ccccc12. The number of fused-ring (bicyclic) bond motifs is 1. The van der Waals surface area contributed by atoms with E-state index in [1.165, 1.54) is 5.56 Å². The largest absolute Gasteiger partial charge is 0.265 e. The second-order valence-corrected chi connectivity index (χ2v) is 4.60. The highest BCUT2D eigenvalue weighted by atomic mass is 14.9. The molecule has 0 aliphatic rings. The van der Waals surface area contributed by atoms with Crippen LogP contribution in [-0.2, 0) is 12.8 Å². The Kier molecular flexibility index (Phi) is 3.19. The van der Waals surface area contributed by atoms with Gasteiger partial charge in [-0.2, -0.15) is 0 Å². The average molecular weight is 249 g/mol. The highest BCUT2D eigenvalue weighted by Gasteiger charge is 2.04. The van der Waals surface area contributed by atoms with E-state index in [-0.39, 0.29) is 0 Å². The van der Waals surface area contributed by atoms with Crippen molar-refractivity contribution < 1.29 is 0 Å². The Bertz CT molecular complexity index is 693. The van der Waals surface area contributed by atoms with Crippen LogP contribution < -0.4 is 0 Å². The monoisotopic (exact) mass is 249 g/mol. The van der Waals surface area contributed by atoms with Gasteiger partial charge >= 0.3 is 0 Å². The summed E-state index contributed by atoms with van der Waals surface area (Å²) >= 11 is 0. The summed E-state index contributed by atoms with van der Waals surface area (Å²) < 4.78 is 0. The van der Waals surface area contributed by atoms with Crippen LogP contribution in [0.3, 0.4) is 0 Å². The first-order valence-electron chi connectivity index (χ1n) is 6.44. The second kappa shape index (κ2) is 5.14. The van der Waals surface area contributed by atoms with Crippen molar-refractivity contribution in [2.24, 2.45) is 0 Å². The predicted molar refractivity (Wildman–Crippen MR) is 75.9 cm³/mol. The average Bonchev–Trinajstić information content (AvgIpc) is 2.46. The lowest BCUT2D eigenvalue weighted by Crippen LogP contribution is -2.00. The first-order valence-corrected chi connectivity index (χ1v) is 6.44. The molecule has 0 aliphatic carbocycles. The third-order valence-electron chi connectivity index (χ3n) is 3.23. The molecule has 0 aliphatic heterocycles. The van der Waals surface area contributed by atoms with Crippen molar-refractivity contribution in [3.05, 3.63) is 65.9 Å². The fraction of sp³-hybridized carbons (Fsp3) is 0.188. The number of pyridine rings is 1. The fourth-order valence-corrected chi connectivity index (χ4v) is 2.21. The van der Waals surface area contributed by atoms with Crippen LogP contribution in [-0.4, -0.2) is 15.0 Å². The smallest absolute Gasteiger partial charge is 0.129 e. The molecule has 3 nitrogen and oxygen atoms in total. The highest BCUT2D eigenvalue weighted by molar-refractivity contribution is 5.80. The van der Waals surface area contributed by atoms with Crippen LogP contribution in [0.25, 0.3) is 10.9 Å². The van der Waals surface area contributed by atoms with E-state index in [1.807, 2.05) is 49.6 Å². The Balaban J connectivity index is 1.85. The van der Waals surface area contributed by atoms with Gasteiger partial charge in [0.15, 0.2) is 0 Å². The van der Waals surface area contributed by atoms with Crippen molar-refractivity contribution >= 4 is 10.9 Å². The van der Waals surface area contributed by atoms with Crippen LogP contribution >= 0.6 is 0 Å². The molecule has 1 aromatic carbocycles. The number of hydrogen-bond acceptors (Lipinski definition) is 3. The molecule has 2 aromatic heterocycles. The zero-order valence-corrected chi connectivity index (χ0v) is 10.9. The van der Waals surface area contributed by atoms with Gasteiger partial charge in [0.1, 0.15) is 5.82 Å². The minimum atomic E-state index is 0.857. The van der Waals surface area contributed by atoms with Gasteiger partial charge in [0.25, 0.3) is 0 Å². The van der Waals surface area contributed by atoms with Crippen molar-refractivity contribution in [1.29, 1.82) is 0 Å². The van der Waals surface area contributed by atoms with Crippen molar-refractivity contribution in [2.75, 3.05) is 0 Å². The standard InChI is InChI=1S/C16H15N3/c1-12-14-4-2-3-5-15(14)19-16(18-12)7-6-13-8-10-17-11-9-13/h2-5,8-11H,6-7H2,1H3. The molecule has 0 N–H and O–H groups in total. The Morgan fingerprint density at radius 1 is 0.895 bits per heavy atom.